The molecule has 1 amide bonds. The maximum atomic E-state index is 12.6. The number of amides is 1. The molecular weight excluding hydrogens is 357 g/mol. The maximum absolute atomic E-state index is 12.6. The highest BCUT2D eigenvalue weighted by molar-refractivity contribution is 5.94. The van der Waals surface area contributed by atoms with Gasteiger partial charge in [-0.1, -0.05) is 12.1 Å². The van der Waals surface area contributed by atoms with Gasteiger partial charge in [-0.3, -0.25) is 9.69 Å². The highest BCUT2D eigenvalue weighted by Gasteiger charge is 2.30. The van der Waals surface area contributed by atoms with Crippen LogP contribution in [0.4, 0.5) is 13.2 Å². The lowest BCUT2D eigenvalue weighted by Crippen LogP contribution is -2.48. The zero-order chi connectivity index (χ0) is 19.4. The van der Waals surface area contributed by atoms with Crippen molar-refractivity contribution >= 4 is 5.91 Å². The quantitative estimate of drug-likeness (QED) is 0.814. The van der Waals surface area contributed by atoms with Gasteiger partial charge in [0.15, 0.2) is 0 Å². The molecule has 0 radical (unpaired) electrons. The summed E-state index contributed by atoms with van der Waals surface area (Å²) >= 11 is 0. The SMILES string of the molecule is COc1ccc(C(=O)N2CCN(Cc3ccc(C(F)(F)F)cc3)CC2)cc1. The number of carbonyl (C=O) groups is 1. The number of piperazine rings is 1. The van der Waals surface area contributed by atoms with Crippen molar-refractivity contribution in [3.8, 4) is 5.75 Å². The summed E-state index contributed by atoms with van der Waals surface area (Å²) < 4.78 is 43.0. The lowest BCUT2D eigenvalue weighted by Gasteiger charge is -2.34. The summed E-state index contributed by atoms with van der Waals surface area (Å²) in [4.78, 5) is 16.5. The van der Waals surface area contributed by atoms with Crippen LogP contribution in [-0.2, 0) is 12.7 Å². The summed E-state index contributed by atoms with van der Waals surface area (Å²) in [5.41, 5.74) is 0.811. The third-order valence-electron chi connectivity index (χ3n) is 4.68. The van der Waals surface area contributed by atoms with Crippen LogP contribution in [0.25, 0.3) is 0 Å². The number of alkyl halides is 3. The number of halogens is 3. The fourth-order valence-electron chi connectivity index (χ4n) is 3.08. The number of hydrogen-bond acceptors (Lipinski definition) is 3. The second-order valence-electron chi connectivity index (χ2n) is 6.49. The second kappa shape index (κ2) is 8.00. The molecule has 27 heavy (non-hydrogen) atoms. The van der Waals surface area contributed by atoms with Crippen LogP contribution in [0.15, 0.2) is 48.5 Å². The van der Waals surface area contributed by atoms with Crippen LogP contribution in [0.2, 0.25) is 0 Å². The number of ether oxygens (including phenoxy) is 1. The Hall–Kier alpha value is -2.54. The Labute approximate surface area is 156 Å². The molecule has 0 unspecified atom stereocenters. The third-order valence-corrected chi connectivity index (χ3v) is 4.68. The predicted octanol–water partition coefficient (Wildman–Crippen LogP) is 3.67. The van der Waals surface area contributed by atoms with Crippen LogP contribution in [0.5, 0.6) is 5.75 Å². The van der Waals surface area contributed by atoms with Crippen LogP contribution < -0.4 is 4.74 Å². The minimum atomic E-state index is -4.31. The van der Waals surface area contributed by atoms with E-state index in [4.69, 9.17) is 4.74 Å². The van der Waals surface area contributed by atoms with E-state index in [1.165, 1.54) is 12.1 Å². The van der Waals surface area contributed by atoms with Crippen LogP contribution in [0.1, 0.15) is 21.5 Å². The number of carbonyl (C=O) groups excluding carboxylic acids is 1. The van der Waals surface area contributed by atoms with Crippen molar-refractivity contribution in [3.05, 3.63) is 65.2 Å². The first-order chi connectivity index (χ1) is 12.9. The van der Waals surface area contributed by atoms with Crippen molar-refractivity contribution in [1.29, 1.82) is 0 Å². The van der Waals surface area contributed by atoms with Crippen LogP contribution in [0.3, 0.4) is 0 Å². The molecule has 4 nitrogen and oxygen atoms in total. The average Bonchev–Trinajstić information content (AvgIpc) is 2.68. The normalized spacial score (nSPS) is 15.6. The van der Waals surface area contributed by atoms with Gasteiger partial charge in [-0.25, -0.2) is 0 Å². The van der Waals surface area contributed by atoms with Crippen LogP contribution in [0, 0.1) is 0 Å². The van der Waals surface area contributed by atoms with E-state index in [1.54, 1.807) is 36.3 Å². The molecule has 0 spiro atoms. The van der Waals surface area contributed by atoms with Gasteiger partial charge in [0.2, 0.25) is 0 Å². The molecule has 1 fully saturated rings. The zero-order valence-corrected chi connectivity index (χ0v) is 15.0. The standard InChI is InChI=1S/C20H21F3N2O2/c1-27-18-8-4-16(5-9-18)19(26)25-12-10-24(11-13-25)14-15-2-6-17(7-3-15)20(21,22)23/h2-9H,10-14H2,1H3. The summed E-state index contributed by atoms with van der Waals surface area (Å²) in [5.74, 6) is 0.680. The Morgan fingerprint density at radius 2 is 1.56 bits per heavy atom. The molecule has 1 aliphatic rings. The minimum absolute atomic E-state index is 0.0215. The molecule has 2 aromatic rings. The summed E-state index contributed by atoms with van der Waals surface area (Å²) in [6.45, 7) is 3.12. The molecule has 0 aliphatic carbocycles. The minimum Gasteiger partial charge on any atom is -0.497 e. The Bertz CT molecular complexity index is 765. The molecular formula is C20H21F3N2O2. The molecule has 1 saturated heterocycles. The van der Waals surface area contributed by atoms with Gasteiger partial charge in [0.05, 0.1) is 12.7 Å². The summed E-state index contributed by atoms with van der Waals surface area (Å²) in [6.07, 6.45) is -4.31. The first-order valence-electron chi connectivity index (χ1n) is 8.68. The van der Waals surface area contributed by atoms with Crippen molar-refractivity contribution in [1.82, 2.24) is 9.80 Å². The van der Waals surface area contributed by atoms with Gasteiger partial charge in [-0.05, 0) is 42.0 Å². The monoisotopic (exact) mass is 378 g/mol. The van der Waals surface area contributed by atoms with Crippen LogP contribution >= 0.6 is 0 Å². The smallest absolute Gasteiger partial charge is 0.416 e. The maximum Gasteiger partial charge on any atom is 0.416 e. The van der Waals surface area contributed by atoms with Crippen molar-refractivity contribution in [2.75, 3.05) is 33.3 Å². The molecule has 0 bridgehead atoms. The molecule has 0 N–H and O–H groups in total. The Balaban J connectivity index is 1.53. The molecule has 0 aromatic heterocycles. The van der Waals surface area contributed by atoms with Gasteiger partial charge in [0, 0.05) is 38.3 Å². The van der Waals surface area contributed by atoms with Crippen molar-refractivity contribution < 1.29 is 22.7 Å². The van der Waals surface area contributed by atoms with Gasteiger partial charge in [0.25, 0.3) is 5.91 Å². The number of hydrogen-bond donors (Lipinski definition) is 0. The van der Waals surface area contributed by atoms with E-state index in [1.807, 2.05) is 0 Å². The molecule has 3 rings (SSSR count). The average molecular weight is 378 g/mol. The second-order valence-corrected chi connectivity index (χ2v) is 6.49. The molecule has 1 aliphatic heterocycles. The van der Waals surface area contributed by atoms with Crippen molar-refractivity contribution in [2.45, 2.75) is 12.7 Å². The van der Waals surface area contributed by atoms with E-state index in [-0.39, 0.29) is 5.91 Å². The number of methoxy groups -OCH3 is 1. The van der Waals surface area contributed by atoms with Crippen LogP contribution in [-0.4, -0.2) is 49.0 Å². The summed E-state index contributed by atoms with van der Waals surface area (Å²) in [7, 11) is 1.58. The summed E-state index contributed by atoms with van der Waals surface area (Å²) in [6, 6.07) is 12.3. The molecule has 7 heteroatoms. The first-order valence-corrected chi connectivity index (χ1v) is 8.68. The fourth-order valence-corrected chi connectivity index (χ4v) is 3.08. The Morgan fingerprint density at radius 3 is 2.07 bits per heavy atom. The lowest BCUT2D eigenvalue weighted by molar-refractivity contribution is -0.137. The van der Waals surface area contributed by atoms with Gasteiger partial charge in [0.1, 0.15) is 5.75 Å². The van der Waals surface area contributed by atoms with E-state index in [0.717, 1.165) is 17.7 Å². The lowest BCUT2D eigenvalue weighted by atomic mass is 10.1. The van der Waals surface area contributed by atoms with Crippen molar-refractivity contribution in [2.24, 2.45) is 0 Å². The third kappa shape index (κ3) is 4.80. The van der Waals surface area contributed by atoms with Gasteiger partial charge in [-0.2, -0.15) is 13.2 Å². The van der Waals surface area contributed by atoms with E-state index in [9.17, 15) is 18.0 Å². The zero-order valence-electron chi connectivity index (χ0n) is 15.0. The molecule has 1 heterocycles. The van der Waals surface area contributed by atoms with Gasteiger partial charge >= 0.3 is 6.18 Å². The van der Waals surface area contributed by atoms with E-state index >= 15 is 0 Å². The first kappa shape index (κ1) is 19.2. The molecule has 0 atom stereocenters. The molecule has 144 valence electrons. The van der Waals surface area contributed by atoms with E-state index in [0.29, 0.717) is 44.0 Å². The molecule has 0 saturated carbocycles. The number of nitrogens with zero attached hydrogens (tertiary/aromatic N) is 2. The number of rotatable bonds is 4. The number of benzene rings is 2. The summed E-state index contributed by atoms with van der Waals surface area (Å²) in [5, 5.41) is 0. The highest BCUT2D eigenvalue weighted by Crippen LogP contribution is 2.29. The Kier molecular flexibility index (Phi) is 5.70. The topological polar surface area (TPSA) is 32.8 Å². The van der Waals surface area contributed by atoms with Crippen molar-refractivity contribution in [3.63, 3.8) is 0 Å². The van der Waals surface area contributed by atoms with Gasteiger partial charge < -0.3 is 9.64 Å². The van der Waals surface area contributed by atoms with Gasteiger partial charge in [-0.15, -0.1) is 0 Å². The predicted molar refractivity (Wildman–Crippen MR) is 95.6 cm³/mol. The largest absolute Gasteiger partial charge is 0.497 e. The van der Waals surface area contributed by atoms with E-state index < -0.39 is 11.7 Å². The molecule has 2 aromatic carbocycles. The Morgan fingerprint density at radius 1 is 0.963 bits per heavy atom. The fraction of sp³-hybridized carbons (Fsp3) is 0.350. The van der Waals surface area contributed by atoms with E-state index in [2.05, 4.69) is 4.90 Å². The highest BCUT2D eigenvalue weighted by atomic mass is 19.4.